The molecule has 3 nitrogen and oxygen atoms in total. The molecule has 0 aliphatic carbocycles. The lowest BCUT2D eigenvalue weighted by Gasteiger charge is -2.16. The highest BCUT2D eigenvalue weighted by molar-refractivity contribution is 9.10. The Morgan fingerprint density at radius 1 is 1.32 bits per heavy atom. The number of carbonyl (C=O) groups is 1. The van der Waals surface area contributed by atoms with Gasteiger partial charge in [-0.3, -0.25) is 4.79 Å². The van der Waals surface area contributed by atoms with Gasteiger partial charge in [-0.25, -0.2) is 0 Å². The summed E-state index contributed by atoms with van der Waals surface area (Å²) >= 11 is 9.48. The summed E-state index contributed by atoms with van der Waals surface area (Å²) in [6.45, 7) is 1.95. The fourth-order valence-electron chi connectivity index (χ4n) is 2.25. The maximum absolute atomic E-state index is 12.3. The molecule has 0 saturated carbocycles. The minimum Gasteiger partial charge on any atom is -0.496 e. The lowest BCUT2D eigenvalue weighted by Crippen LogP contribution is -2.28. The zero-order valence-electron chi connectivity index (χ0n) is 12.4. The Kier molecular flexibility index (Phi) is 5.86. The van der Waals surface area contributed by atoms with Crippen molar-refractivity contribution >= 4 is 33.4 Å². The first-order valence-electron chi connectivity index (χ1n) is 6.87. The van der Waals surface area contributed by atoms with E-state index in [2.05, 4.69) is 21.2 Å². The van der Waals surface area contributed by atoms with E-state index in [9.17, 15) is 4.79 Å². The Labute approximate surface area is 143 Å². The molecule has 5 heteroatoms. The molecule has 116 valence electrons. The first-order chi connectivity index (χ1) is 10.5. The molecule has 0 unspecified atom stereocenters. The Morgan fingerprint density at radius 3 is 2.73 bits per heavy atom. The second-order valence-corrected chi connectivity index (χ2v) is 6.23. The first-order valence-corrected chi connectivity index (χ1v) is 8.04. The molecule has 1 amide bonds. The van der Waals surface area contributed by atoms with Crippen LogP contribution in [-0.4, -0.2) is 13.0 Å². The molecule has 0 fully saturated rings. The maximum atomic E-state index is 12.3. The molecule has 0 saturated heterocycles. The van der Waals surface area contributed by atoms with E-state index < -0.39 is 0 Å². The molecule has 1 N–H and O–H groups in total. The van der Waals surface area contributed by atoms with Crippen LogP contribution >= 0.6 is 27.5 Å². The van der Waals surface area contributed by atoms with Gasteiger partial charge < -0.3 is 10.1 Å². The fourth-order valence-corrected chi connectivity index (χ4v) is 3.08. The normalized spacial score (nSPS) is 11.8. The zero-order valence-corrected chi connectivity index (χ0v) is 14.7. The van der Waals surface area contributed by atoms with E-state index >= 15 is 0 Å². The third-order valence-corrected chi connectivity index (χ3v) is 4.30. The van der Waals surface area contributed by atoms with Crippen LogP contribution in [-0.2, 0) is 11.2 Å². The summed E-state index contributed by atoms with van der Waals surface area (Å²) in [4.78, 5) is 12.3. The summed E-state index contributed by atoms with van der Waals surface area (Å²) in [6, 6.07) is 13.0. The largest absolute Gasteiger partial charge is 0.496 e. The van der Waals surface area contributed by atoms with E-state index in [1.54, 1.807) is 25.3 Å². The SMILES string of the molecule is COc1ccc(Cl)cc1CC(=O)N[C@@H](C)c1ccccc1Br. The molecule has 0 aromatic heterocycles. The molecule has 22 heavy (non-hydrogen) atoms. The van der Waals surface area contributed by atoms with Crippen LogP contribution in [0.4, 0.5) is 0 Å². The summed E-state index contributed by atoms with van der Waals surface area (Å²) in [5.74, 6) is 0.580. The van der Waals surface area contributed by atoms with Crippen LogP contribution in [0.5, 0.6) is 5.75 Å². The highest BCUT2D eigenvalue weighted by Gasteiger charge is 2.14. The van der Waals surface area contributed by atoms with Crippen molar-refractivity contribution in [3.05, 3.63) is 63.1 Å². The monoisotopic (exact) mass is 381 g/mol. The number of benzene rings is 2. The number of carbonyl (C=O) groups excluding carboxylic acids is 1. The highest BCUT2D eigenvalue weighted by atomic mass is 79.9. The van der Waals surface area contributed by atoms with Crippen LogP contribution in [0.1, 0.15) is 24.1 Å². The van der Waals surface area contributed by atoms with Crippen molar-refractivity contribution in [2.75, 3.05) is 7.11 Å². The van der Waals surface area contributed by atoms with Crippen LogP contribution in [0.25, 0.3) is 0 Å². The lowest BCUT2D eigenvalue weighted by atomic mass is 10.1. The van der Waals surface area contributed by atoms with Crippen LogP contribution in [0.3, 0.4) is 0 Å². The van der Waals surface area contributed by atoms with Gasteiger partial charge >= 0.3 is 0 Å². The first kappa shape index (κ1) is 16.8. The Morgan fingerprint density at radius 2 is 2.05 bits per heavy atom. The molecule has 0 aliphatic rings. The summed E-state index contributed by atoms with van der Waals surface area (Å²) in [7, 11) is 1.58. The van der Waals surface area contributed by atoms with E-state index in [-0.39, 0.29) is 18.4 Å². The minimum atomic E-state index is -0.0896. The Hall–Kier alpha value is -1.52. The molecule has 0 bridgehead atoms. The zero-order chi connectivity index (χ0) is 16.1. The van der Waals surface area contributed by atoms with Gasteiger partial charge in [-0.15, -0.1) is 0 Å². The van der Waals surface area contributed by atoms with Crippen molar-refractivity contribution in [3.63, 3.8) is 0 Å². The van der Waals surface area contributed by atoms with Crippen LogP contribution in [0.2, 0.25) is 5.02 Å². The predicted octanol–water partition coefficient (Wildman–Crippen LogP) is 4.53. The summed E-state index contributed by atoms with van der Waals surface area (Å²) in [6.07, 6.45) is 0.221. The summed E-state index contributed by atoms with van der Waals surface area (Å²) in [5.41, 5.74) is 1.81. The van der Waals surface area contributed by atoms with E-state index in [4.69, 9.17) is 16.3 Å². The van der Waals surface area contributed by atoms with Crippen LogP contribution < -0.4 is 10.1 Å². The second-order valence-electron chi connectivity index (χ2n) is 4.94. The molecule has 2 aromatic carbocycles. The Bertz CT molecular complexity index is 675. The number of hydrogen-bond acceptors (Lipinski definition) is 2. The smallest absolute Gasteiger partial charge is 0.225 e. The molecule has 0 spiro atoms. The highest BCUT2D eigenvalue weighted by Crippen LogP contribution is 2.25. The van der Waals surface area contributed by atoms with Gasteiger partial charge in [0.05, 0.1) is 19.6 Å². The predicted molar refractivity (Wildman–Crippen MR) is 92.4 cm³/mol. The van der Waals surface area contributed by atoms with Gasteiger partial charge in [0.25, 0.3) is 0 Å². The second kappa shape index (κ2) is 7.65. The van der Waals surface area contributed by atoms with Gasteiger partial charge in [-0.1, -0.05) is 45.7 Å². The summed E-state index contributed by atoms with van der Waals surface area (Å²) in [5, 5.41) is 3.57. The topological polar surface area (TPSA) is 38.3 Å². The maximum Gasteiger partial charge on any atom is 0.225 e. The molecule has 0 heterocycles. The van der Waals surface area contributed by atoms with Crippen LogP contribution in [0.15, 0.2) is 46.9 Å². The van der Waals surface area contributed by atoms with E-state index in [1.165, 1.54) is 0 Å². The minimum absolute atomic E-state index is 0.0798. The van der Waals surface area contributed by atoms with E-state index in [1.807, 2.05) is 31.2 Å². The number of ether oxygens (including phenoxy) is 1. The van der Waals surface area contributed by atoms with Gasteiger partial charge in [-0.2, -0.15) is 0 Å². The number of amides is 1. The van der Waals surface area contributed by atoms with E-state index in [0.29, 0.717) is 10.8 Å². The quantitative estimate of drug-likeness (QED) is 0.825. The average Bonchev–Trinajstić information content (AvgIpc) is 2.47. The van der Waals surface area contributed by atoms with Crippen molar-refractivity contribution in [1.82, 2.24) is 5.32 Å². The third kappa shape index (κ3) is 4.24. The summed E-state index contributed by atoms with van der Waals surface area (Å²) < 4.78 is 6.24. The van der Waals surface area contributed by atoms with Gasteiger partial charge in [0.1, 0.15) is 5.75 Å². The molecule has 0 radical (unpaired) electrons. The molecular weight excluding hydrogens is 366 g/mol. The molecular formula is C17H17BrClNO2. The van der Waals surface area contributed by atoms with Crippen LogP contribution in [0, 0.1) is 0 Å². The van der Waals surface area contributed by atoms with Crippen molar-refractivity contribution in [2.24, 2.45) is 0 Å². The lowest BCUT2D eigenvalue weighted by molar-refractivity contribution is -0.121. The molecule has 1 atom stereocenters. The van der Waals surface area contributed by atoms with Crippen molar-refractivity contribution in [3.8, 4) is 5.75 Å². The van der Waals surface area contributed by atoms with Crippen molar-refractivity contribution in [1.29, 1.82) is 0 Å². The van der Waals surface area contributed by atoms with Gasteiger partial charge in [-0.05, 0) is 36.8 Å². The van der Waals surface area contributed by atoms with E-state index in [0.717, 1.165) is 15.6 Å². The number of methoxy groups -OCH3 is 1. The number of rotatable bonds is 5. The standard InChI is InChI=1S/C17H17BrClNO2/c1-11(14-5-3-4-6-15(14)18)20-17(21)10-12-9-13(19)7-8-16(12)22-2/h3-9,11H,10H2,1-2H3,(H,20,21)/t11-/m0/s1. The fraction of sp³-hybridized carbons (Fsp3) is 0.235. The number of halogens is 2. The molecule has 2 aromatic rings. The number of nitrogens with one attached hydrogen (secondary N) is 1. The number of hydrogen-bond donors (Lipinski definition) is 1. The Balaban J connectivity index is 2.07. The van der Waals surface area contributed by atoms with Crippen molar-refractivity contribution in [2.45, 2.75) is 19.4 Å². The third-order valence-electron chi connectivity index (χ3n) is 3.34. The van der Waals surface area contributed by atoms with Gasteiger partial charge in [0, 0.05) is 15.1 Å². The van der Waals surface area contributed by atoms with Gasteiger partial charge in [0.2, 0.25) is 5.91 Å². The molecule has 0 aliphatic heterocycles. The molecule has 2 rings (SSSR count). The van der Waals surface area contributed by atoms with Crippen molar-refractivity contribution < 1.29 is 9.53 Å². The van der Waals surface area contributed by atoms with Gasteiger partial charge in [0.15, 0.2) is 0 Å². The average molecular weight is 383 g/mol.